The van der Waals surface area contributed by atoms with Crippen LogP contribution in [0.5, 0.6) is 5.75 Å². The summed E-state index contributed by atoms with van der Waals surface area (Å²) in [7, 11) is 0. The van der Waals surface area contributed by atoms with Gasteiger partial charge in [-0.05, 0) is 39.0 Å². The van der Waals surface area contributed by atoms with Crippen molar-refractivity contribution in [3.05, 3.63) is 28.7 Å². The largest absolute Gasteiger partial charge is 0.483 e. The molecule has 1 saturated heterocycles. The van der Waals surface area contributed by atoms with Gasteiger partial charge in [0.25, 0.3) is 0 Å². The summed E-state index contributed by atoms with van der Waals surface area (Å²) in [6, 6.07) is 7.17. The van der Waals surface area contributed by atoms with Crippen molar-refractivity contribution in [1.82, 2.24) is 4.90 Å². The summed E-state index contributed by atoms with van der Waals surface area (Å²) in [6.07, 6.45) is -0.643. The van der Waals surface area contributed by atoms with Crippen LogP contribution in [0.3, 0.4) is 0 Å². The molecule has 126 valence electrons. The minimum absolute atomic E-state index is 0.181. The van der Waals surface area contributed by atoms with E-state index in [0.717, 1.165) is 4.47 Å². The number of carbonyl (C=O) groups is 2. The molecule has 1 fully saturated rings. The zero-order valence-corrected chi connectivity index (χ0v) is 14.9. The maximum atomic E-state index is 12.0. The van der Waals surface area contributed by atoms with Crippen LogP contribution in [0.15, 0.2) is 28.7 Å². The van der Waals surface area contributed by atoms with E-state index in [1.165, 1.54) is 4.90 Å². The van der Waals surface area contributed by atoms with Crippen molar-refractivity contribution < 1.29 is 24.2 Å². The van der Waals surface area contributed by atoms with Crippen LogP contribution in [0.4, 0.5) is 4.79 Å². The second-order valence-electron chi connectivity index (χ2n) is 6.65. The van der Waals surface area contributed by atoms with Crippen molar-refractivity contribution in [2.45, 2.75) is 38.4 Å². The normalized spacial score (nSPS) is 16.4. The number of benzene rings is 1. The van der Waals surface area contributed by atoms with E-state index in [-0.39, 0.29) is 19.5 Å². The number of aliphatic carboxylic acids is 1. The van der Waals surface area contributed by atoms with Gasteiger partial charge in [0.1, 0.15) is 11.4 Å². The predicted molar refractivity (Wildman–Crippen MR) is 87.6 cm³/mol. The summed E-state index contributed by atoms with van der Waals surface area (Å²) in [6.45, 7) is 5.72. The Morgan fingerprint density at radius 3 is 2.52 bits per heavy atom. The van der Waals surface area contributed by atoms with Gasteiger partial charge >= 0.3 is 12.1 Å². The average Bonchev–Trinajstić information content (AvgIpc) is 2.32. The zero-order valence-electron chi connectivity index (χ0n) is 13.3. The number of likely N-dealkylation sites (tertiary alicyclic amines) is 1. The van der Waals surface area contributed by atoms with Crippen LogP contribution in [0.1, 0.15) is 27.2 Å². The van der Waals surface area contributed by atoms with Gasteiger partial charge in [-0.25, -0.2) is 4.79 Å². The van der Waals surface area contributed by atoms with Crippen molar-refractivity contribution in [2.75, 3.05) is 13.1 Å². The summed E-state index contributed by atoms with van der Waals surface area (Å²) in [5.74, 6) is -0.409. The Hall–Kier alpha value is -1.76. The van der Waals surface area contributed by atoms with Gasteiger partial charge in [-0.15, -0.1) is 0 Å². The Morgan fingerprint density at radius 2 is 2.00 bits per heavy atom. The topological polar surface area (TPSA) is 76.1 Å². The third-order valence-electron chi connectivity index (χ3n) is 3.21. The van der Waals surface area contributed by atoms with Crippen molar-refractivity contribution in [2.24, 2.45) is 0 Å². The summed E-state index contributed by atoms with van der Waals surface area (Å²) >= 11 is 3.35. The predicted octanol–water partition coefficient (Wildman–Crippen LogP) is 3.29. The van der Waals surface area contributed by atoms with Crippen LogP contribution in [0, 0.1) is 0 Å². The van der Waals surface area contributed by atoms with Gasteiger partial charge < -0.3 is 14.6 Å². The first kappa shape index (κ1) is 17.6. The van der Waals surface area contributed by atoms with Crippen molar-refractivity contribution in [3.63, 3.8) is 0 Å². The van der Waals surface area contributed by atoms with Crippen LogP contribution in [0.25, 0.3) is 0 Å². The molecule has 1 N–H and O–H groups in total. The second kappa shape index (κ2) is 6.39. The highest BCUT2D eigenvalue weighted by Gasteiger charge is 2.50. The molecule has 0 radical (unpaired) electrons. The first-order valence-corrected chi connectivity index (χ1v) is 8.02. The summed E-state index contributed by atoms with van der Waals surface area (Å²) < 4.78 is 12.0. The summed E-state index contributed by atoms with van der Waals surface area (Å²) in [5.41, 5.74) is -1.52. The Balaban J connectivity index is 2.06. The molecule has 1 aromatic carbocycles. The number of hydrogen-bond acceptors (Lipinski definition) is 4. The van der Waals surface area contributed by atoms with Gasteiger partial charge in [-0.2, -0.15) is 0 Å². The minimum Gasteiger partial charge on any atom is -0.483 e. The van der Waals surface area contributed by atoms with E-state index in [1.807, 2.05) is 6.07 Å². The Labute approximate surface area is 143 Å². The fourth-order valence-corrected chi connectivity index (χ4v) is 2.75. The smallest absolute Gasteiger partial charge is 0.410 e. The third kappa shape index (κ3) is 4.86. The maximum Gasteiger partial charge on any atom is 0.410 e. The molecule has 0 saturated carbocycles. The molecule has 6 nitrogen and oxygen atoms in total. The summed E-state index contributed by atoms with van der Waals surface area (Å²) in [5, 5.41) is 9.13. The molecule has 0 unspecified atom stereocenters. The highest BCUT2D eigenvalue weighted by molar-refractivity contribution is 9.10. The molecule has 1 amide bonds. The van der Waals surface area contributed by atoms with E-state index in [0.29, 0.717) is 5.75 Å². The van der Waals surface area contributed by atoms with Gasteiger partial charge in [0.2, 0.25) is 0 Å². The molecule has 23 heavy (non-hydrogen) atoms. The lowest BCUT2D eigenvalue weighted by Gasteiger charge is -2.48. The van der Waals surface area contributed by atoms with Gasteiger partial charge in [0.05, 0.1) is 19.5 Å². The number of nitrogens with zero attached hydrogens (tertiary/aromatic N) is 1. The van der Waals surface area contributed by atoms with Crippen molar-refractivity contribution in [3.8, 4) is 5.75 Å². The zero-order chi connectivity index (χ0) is 17.3. The van der Waals surface area contributed by atoms with E-state index in [9.17, 15) is 9.59 Å². The maximum absolute atomic E-state index is 12.0. The number of carboxylic acids is 1. The van der Waals surface area contributed by atoms with Crippen LogP contribution < -0.4 is 4.74 Å². The number of carbonyl (C=O) groups excluding carboxylic acids is 1. The minimum atomic E-state index is -0.969. The molecule has 1 aromatic rings. The van der Waals surface area contributed by atoms with Crippen molar-refractivity contribution in [1.29, 1.82) is 0 Å². The molecular formula is C16H20BrNO5. The fraction of sp³-hybridized carbons (Fsp3) is 0.500. The number of halogens is 1. The van der Waals surface area contributed by atoms with Gasteiger partial charge in [-0.3, -0.25) is 9.69 Å². The van der Waals surface area contributed by atoms with Crippen LogP contribution in [-0.4, -0.2) is 46.4 Å². The SMILES string of the molecule is CC(C)(C)OC(=O)N1CC(CC(=O)O)(Oc2cccc(Br)c2)C1. The van der Waals surface area contributed by atoms with E-state index in [4.69, 9.17) is 14.6 Å². The van der Waals surface area contributed by atoms with E-state index < -0.39 is 23.3 Å². The number of ether oxygens (including phenoxy) is 2. The lowest BCUT2D eigenvalue weighted by molar-refractivity contribution is -0.149. The summed E-state index contributed by atoms with van der Waals surface area (Å²) in [4.78, 5) is 24.6. The molecule has 2 rings (SSSR count). The highest BCUT2D eigenvalue weighted by atomic mass is 79.9. The highest BCUT2D eigenvalue weighted by Crippen LogP contribution is 2.33. The molecule has 0 aromatic heterocycles. The Kier molecular flexibility index (Phi) is 4.89. The molecule has 0 aliphatic carbocycles. The first-order valence-electron chi connectivity index (χ1n) is 7.23. The number of carboxylic acid groups (broad SMARTS) is 1. The number of hydrogen-bond donors (Lipinski definition) is 1. The monoisotopic (exact) mass is 385 g/mol. The lowest BCUT2D eigenvalue weighted by Crippen LogP contribution is -2.67. The number of amides is 1. The fourth-order valence-electron chi connectivity index (χ4n) is 2.37. The second-order valence-corrected chi connectivity index (χ2v) is 7.57. The molecule has 1 heterocycles. The molecule has 1 aliphatic heterocycles. The van der Waals surface area contributed by atoms with E-state index in [1.54, 1.807) is 39.0 Å². The van der Waals surface area contributed by atoms with Gasteiger partial charge in [0, 0.05) is 4.47 Å². The molecule has 7 heteroatoms. The van der Waals surface area contributed by atoms with Crippen molar-refractivity contribution >= 4 is 28.0 Å². The first-order chi connectivity index (χ1) is 10.6. The molecule has 0 bridgehead atoms. The Morgan fingerprint density at radius 1 is 1.35 bits per heavy atom. The lowest BCUT2D eigenvalue weighted by atomic mass is 9.90. The standard InChI is InChI=1S/C16H20BrNO5/c1-15(2,3)23-14(21)18-9-16(10-18,8-13(19)20)22-12-6-4-5-11(17)7-12/h4-7H,8-10H2,1-3H3,(H,19,20). The molecule has 1 aliphatic rings. The Bertz CT molecular complexity index is 605. The van der Waals surface area contributed by atoms with Crippen LogP contribution in [-0.2, 0) is 9.53 Å². The van der Waals surface area contributed by atoms with E-state index >= 15 is 0 Å². The van der Waals surface area contributed by atoms with Gasteiger partial charge in [-0.1, -0.05) is 22.0 Å². The van der Waals surface area contributed by atoms with Crippen LogP contribution in [0.2, 0.25) is 0 Å². The van der Waals surface area contributed by atoms with Gasteiger partial charge in [0.15, 0.2) is 5.60 Å². The average molecular weight is 386 g/mol. The quantitative estimate of drug-likeness (QED) is 0.860. The molecular weight excluding hydrogens is 366 g/mol. The molecule has 0 atom stereocenters. The molecule has 0 spiro atoms. The van der Waals surface area contributed by atoms with Crippen LogP contribution >= 0.6 is 15.9 Å². The third-order valence-corrected chi connectivity index (χ3v) is 3.71. The number of rotatable bonds is 4. The van der Waals surface area contributed by atoms with E-state index in [2.05, 4.69) is 15.9 Å².